The topological polar surface area (TPSA) is 18.8 Å². The van der Waals surface area contributed by atoms with E-state index in [0.717, 1.165) is 18.4 Å². The molecule has 1 spiro atoms. The summed E-state index contributed by atoms with van der Waals surface area (Å²) < 4.78 is 0. The third-order valence-electron chi connectivity index (χ3n) is 4.88. The van der Waals surface area contributed by atoms with Gasteiger partial charge in [0.1, 0.15) is 0 Å². The van der Waals surface area contributed by atoms with Crippen LogP contribution in [0, 0.1) is 5.92 Å². The van der Waals surface area contributed by atoms with Gasteiger partial charge in [-0.15, -0.1) is 0 Å². The predicted molar refractivity (Wildman–Crippen MR) is 84.2 cm³/mol. The Morgan fingerprint density at radius 2 is 1.90 bits per heavy atom. The fourth-order valence-electron chi connectivity index (χ4n) is 3.85. The van der Waals surface area contributed by atoms with Crippen LogP contribution in [0.5, 0.6) is 0 Å². The lowest BCUT2D eigenvalue weighted by Crippen LogP contribution is -2.35. The van der Waals surface area contributed by atoms with Gasteiger partial charge >= 0.3 is 0 Å². The molecule has 1 aromatic rings. The minimum absolute atomic E-state index is 0.462. The number of benzene rings is 1. The quantitative estimate of drug-likeness (QED) is 0.607. The number of nitrogens with zero attached hydrogens (tertiary/aromatic N) is 3. The highest BCUT2D eigenvalue weighted by atomic mass is 15.3. The van der Waals surface area contributed by atoms with Gasteiger partial charge in [-0.25, -0.2) is 0 Å². The normalized spacial score (nSPS) is 26.3. The number of fused-ring (bicyclic) bond motifs is 2. The van der Waals surface area contributed by atoms with Crippen LogP contribution in [-0.4, -0.2) is 50.5 Å². The Morgan fingerprint density at radius 1 is 1.20 bits per heavy atom. The first-order chi connectivity index (χ1) is 9.54. The lowest BCUT2D eigenvalue weighted by Gasteiger charge is -2.22. The molecule has 2 aliphatic carbocycles. The summed E-state index contributed by atoms with van der Waals surface area (Å²) in [5.41, 5.74) is 3.64. The molecule has 20 heavy (non-hydrogen) atoms. The second-order valence-electron chi connectivity index (χ2n) is 6.64. The van der Waals surface area contributed by atoms with Crippen LogP contribution in [0.4, 0.5) is 0 Å². The van der Waals surface area contributed by atoms with Gasteiger partial charge in [0.05, 0.1) is 0 Å². The van der Waals surface area contributed by atoms with Crippen LogP contribution in [0.3, 0.4) is 0 Å². The maximum atomic E-state index is 4.85. The number of aryl methyl sites for hydroxylation is 1. The van der Waals surface area contributed by atoms with Gasteiger partial charge in [-0.05, 0) is 36.3 Å². The summed E-state index contributed by atoms with van der Waals surface area (Å²) in [6.45, 7) is 0.958. The average molecular weight is 271 g/mol. The summed E-state index contributed by atoms with van der Waals surface area (Å²) >= 11 is 0. The fourth-order valence-corrected chi connectivity index (χ4v) is 3.85. The van der Waals surface area contributed by atoms with Crippen LogP contribution in [0.2, 0.25) is 0 Å². The summed E-state index contributed by atoms with van der Waals surface area (Å²) in [5, 5.41) is 0. The monoisotopic (exact) mass is 271 g/mol. The molecule has 3 heteroatoms. The smallest absolute Gasteiger partial charge is 0.195 e. The summed E-state index contributed by atoms with van der Waals surface area (Å²) in [5.74, 6) is 1.80. The highest BCUT2D eigenvalue weighted by Gasteiger charge is 2.57. The van der Waals surface area contributed by atoms with Gasteiger partial charge < -0.3 is 9.80 Å². The van der Waals surface area contributed by atoms with Crippen molar-refractivity contribution < 1.29 is 0 Å². The van der Waals surface area contributed by atoms with E-state index < -0.39 is 0 Å². The molecule has 2 atom stereocenters. The van der Waals surface area contributed by atoms with Gasteiger partial charge in [0.15, 0.2) is 5.96 Å². The molecule has 0 saturated heterocycles. The van der Waals surface area contributed by atoms with Crippen LogP contribution in [-0.2, 0) is 11.8 Å². The molecule has 0 N–H and O–H groups in total. The summed E-state index contributed by atoms with van der Waals surface area (Å²) in [4.78, 5) is 9.03. The Hall–Kier alpha value is -1.51. The van der Waals surface area contributed by atoms with Crippen molar-refractivity contribution in [3.63, 3.8) is 0 Å². The first-order valence-corrected chi connectivity index (χ1v) is 7.52. The van der Waals surface area contributed by atoms with Crippen molar-refractivity contribution in [1.82, 2.24) is 9.80 Å². The van der Waals surface area contributed by atoms with Crippen LogP contribution >= 0.6 is 0 Å². The van der Waals surface area contributed by atoms with E-state index in [0.29, 0.717) is 5.41 Å². The lowest BCUT2D eigenvalue weighted by molar-refractivity contribution is 0.476. The summed E-state index contributed by atoms with van der Waals surface area (Å²) in [6.07, 6.45) is 3.90. The molecule has 1 aromatic carbocycles. The molecule has 0 aliphatic heterocycles. The van der Waals surface area contributed by atoms with Gasteiger partial charge in [0.25, 0.3) is 0 Å². The third kappa shape index (κ3) is 2.09. The van der Waals surface area contributed by atoms with Crippen molar-refractivity contribution >= 4 is 5.96 Å². The van der Waals surface area contributed by atoms with Crippen LogP contribution < -0.4 is 0 Å². The molecule has 3 nitrogen and oxygen atoms in total. The van der Waals surface area contributed by atoms with Gasteiger partial charge in [-0.3, -0.25) is 4.99 Å². The first-order valence-electron chi connectivity index (χ1n) is 7.52. The zero-order valence-corrected chi connectivity index (χ0v) is 13.1. The number of hydrogen-bond acceptors (Lipinski definition) is 1. The molecule has 1 saturated carbocycles. The van der Waals surface area contributed by atoms with E-state index in [1.165, 1.54) is 19.3 Å². The van der Waals surface area contributed by atoms with Crippen molar-refractivity contribution in [3.05, 3.63) is 35.4 Å². The number of guanidine groups is 1. The fraction of sp³-hybridized carbons (Fsp3) is 0.588. The summed E-state index contributed by atoms with van der Waals surface area (Å²) in [7, 11) is 8.25. The third-order valence-corrected chi connectivity index (χ3v) is 4.88. The van der Waals surface area contributed by atoms with Crippen molar-refractivity contribution in [2.45, 2.75) is 24.7 Å². The van der Waals surface area contributed by atoms with Gasteiger partial charge in [-0.2, -0.15) is 0 Å². The molecule has 0 bridgehead atoms. The van der Waals surface area contributed by atoms with E-state index in [2.05, 4.69) is 62.3 Å². The molecule has 0 radical (unpaired) electrons. The molecule has 0 aromatic heterocycles. The Labute approximate surface area is 122 Å². The Morgan fingerprint density at radius 3 is 2.60 bits per heavy atom. The van der Waals surface area contributed by atoms with E-state index in [9.17, 15) is 0 Å². The van der Waals surface area contributed by atoms with E-state index in [4.69, 9.17) is 4.99 Å². The van der Waals surface area contributed by atoms with Gasteiger partial charge in [-0.1, -0.05) is 24.3 Å². The standard InChI is InChI=1S/C17H25N3/c1-19(2)16(20(3)4)18-12-14-11-17(14)10-9-13-7-5-6-8-15(13)17/h5-8,14H,9-12H2,1-4H3/t14-,17-/m0/s1. The van der Waals surface area contributed by atoms with Crippen LogP contribution in [0.1, 0.15) is 24.0 Å². The minimum atomic E-state index is 0.462. The van der Waals surface area contributed by atoms with Crippen molar-refractivity contribution in [3.8, 4) is 0 Å². The SMILES string of the molecule is CN(C)C(=NC[C@@H]1C[C@@]12CCc1ccccc12)N(C)C. The molecular weight excluding hydrogens is 246 g/mol. The highest BCUT2D eigenvalue weighted by Crippen LogP contribution is 2.61. The van der Waals surface area contributed by atoms with Crippen molar-refractivity contribution in [2.75, 3.05) is 34.7 Å². The Balaban J connectivity index is 1.73. The van der Waals surface area contributed by atoms with Gasteiger partial charge in [0.2, 0.25) is 0 Å². The Bertz CT molecular complexity index is 523. The van der Waals surface area contributed by atoms with Crippen molar-refractivity contribution in [2.24, 2.45) is 10.9 Å². The maximum absolute atomic E-state index is 4.85. The largest absolute Gasteiger partial charge is 0.349 e. The average Bonchev–Trinajstić information content (AvgIpc) is 2.97. The van der Waals surface area contributed by atoms with E-state index in [1.54, 1.807) is 11.1 Å². The molecule has 3 rings (SSSR count). The number of aliphatic imine (C=N–C) groups is 1. The molecular formula is C17H25N3. The zero-order chi connectivity index (χ0) is 14.3. The molecule has 0 amide bonds. The molecule has 108 valence electrons. The Kier molecular flexibility index (Phi) is 3.23. The molecule has 0 unspecified atom stereocenters. The second kappa shape index (κ2) is 4.80. The van der Waals surface area contributed by atoms with E-state index in [-0.39, 0.29) is 0 Å². The number of hydrogen-bond donors (Lipinski definition) is 0. The summed E-state index contributed by atoms with van der Waals surface area (Å²) in [6, 6.07) is 9.00. The predicted octanol–water partition coefficient (Wildman–Crippen LogP) is 2.37. The first kappa shape index (κ1) is 13.5. The molecule has 2 aliphatic rings. The zero-order valence-electron chi connectivity index (χ0n) is 13.1. The van der Waals surface area contributed by atoms with E-state index in [1.807, 2.05) is 0 Å². The van der Waals surface area contributed by atoms with Gasteiger partial charge in [0, 0.05) is 40.2 Å². The molecule has 1 fully saturated rings. The minimum Gasteiger partial charge on any atom is -0.349 e. The molecule has 0 heterocycles. The second-order valence-corrected chi connectivity index (χ2v) is 6.64. The van der Waals surface area contributed by atoms with Crippen LogP contribution in [0.25, 0.3) is 0 Å². The van der Waals surface area contributed by atoms with Crippen LogP contribution in [0.15, 0.2) is 29.3 Å². The van der Waals surface area contributed by atoms with E-state index >= 15 is 0 Å². The lowest BCUT2D eigenvalue weighted by atomic mass is 9.95. The highest BCUT2D eigenvalue weighted by molar-refractivity contribution is 5.79. The maximum Gasteiger partial charge on any atom is 0.195 e. The van der Waals surface area contributed by atoms with Crippen molar-refractivity contribution in [1.29, 1.82) is 0 Å². The number of rotatable bonds is 2.